The highest BCUT2D eigenvalue weighted by Crippen LogP contribution is 2.27. The Bertz CT molecular complexity index is 203. The average molecular weight is 207 g/mol. The molecule has 15 heavy (non-hydrogen) atoms. The summed E-state index contributed by atoms with van der Waals surface area (Å²) in [6.07, 6.45) is 16.0. The van der Waals surface area contributed by atoms with E-state index in [1.165, 1.54) is 51.4 Å². The van der Waals surface area contributed by atoms with E-state index in [1.807, 2.05) is 0 Å². The highest BCUT2D eigenvalue weighted by molar-refractivity contribution is 4.98. The molecule has 0 amide bonds. The van der Waals surface area contributed by atoms with Crippen molar-refractivity contribution in [1.82, 2.24) is 5.32 Å². The summed E-state index contributed by atoms with van der Waals surface area (Å²) in [5, 5.41) is 3.80. The molecule has 0 aliphatic heterocycles. The molecule has 0 aromatic heterocycles. The van der Waals surface area contributed by atoms with E-state index in [0.717, 1.165) is 12.0 Å². The van der Waals surface area contributed by atoms with Gasteiger partial charge in [-0.3, -0.25) is 0 Å². The summed E-state index contributed by atoms with van der Waals surface area (Å²) in [4.78, 5) is 0. The first-order valence-corrected chi connectivity index (χ1v) is 6.79. The van der Waals surface area contributed by atoms with Gasteiger partial charge in [0.05, 0.1) is 0 Å². The Morgan fingerprint density at radius 1 is 1.07 bits per heavy atom. The van der Waals surface area contributed by atoms with Gasteiger partial charge in [-0.1, -0.05) is 31.4 Å². The first kappa shape index (κ1) is 11.2. The molecule has 1 N–H and O–H groups in total. The van der Waals surface area contributed by atoms with Crippen LogP contribution in [0.5, 0.6) is 0 Å². The van der Waals surface area contributed by atoms with Gasteiger partial charge in [-0.2, -0.15) is 0 Å². The molecule has 0 radical (unpaired) electrons. The zero-order chi connectivity index (χ0) is 10.5. The predicted molar refractivity (Wildman–Crippen MR) is 66.0 cm³/mol. The van der Waals surface area contributed by atoms with Crippen LogP contribution in [-0.2, 0) is 0 Å². The standard InChI is InChI=1S/C14H25N/c1-12(13-8-4-2-5-9-13)15-14-10-6-3-7-11-14/h6,10,12-15H,2-5,7-9,11H2,1H3/t12-,14?/m0/s1. The lowest BCUT2D eigenvalue weighted by molar-refractivity contribution is 0.268. The van der Waals surface area contributed by atoms with Crippen molar-refractivity contribution in [2.24, 2.45) is 5.92 Å². The summed E-state index contributed by atoms with van der Waals surface area (Å²) in [5.41, 5.74) is 0. The Morgan fingerprint density at radius 2 is 1.87 bits per heavy atom. The van der Waals surface area contributed by atoms with Crippen LogP contribution < -0.4 is 5.32 Å². The van der Waals surface area contributed by atoms with Crippen molar-refractivity contribution in [3.8, 4) is 0 Å². The molecule has 0 aromatic rings. The molecule has 86 valence electrons. The van der Waals surface area contributed by atoms with Crippen LogP contribution in [0.25, 0.3) is 0 Å². The van der Waals surface area contributed by atoms with E-state index in [2.05, 4.69) is 24.4 Å². The second-order valence-electron chi connectivity index (χ2n) is 5.32. The van der Waals surface area contributed by atoms with E-state index in [-0.39, 0.29) is 0 Å². The van der Waals surface area contributed by atoms with E-state index >= 15 is 0 Å². The lowest BCUT2D eigenvalue weighted by Gasteiger charge is -2.31. The smallest absolute Gasteiger partial charge is 0.0252 e. The topological polar surface area (TPSA) is 12.0 Å². The highest BCUT2D eigenvalue weighted by atomic mass is 14.9. The fraction of sp³-hybridized carbons (Fsp3) is 0.857. The first-order chi connectivity index (χ1) is 7.36. The summed E-state index contributed by atoms with van der Waals surface area (Å²) >= 11 is 0. The van der Waals surface area contributed by atoms with Gasteiger partial charge in [0, 0.05) is 12.1 Å². The SMILES string of the molecule is C[C@H](NC1C=CCCC1)C1CCCCC1. The van der Waals surface area contributed by atoms with E-state index in [0.29, 0.717) is 6.04 Å². The molecule has 1 nitrogen and oxygen atoms in total. The molecule has 0 spiro atoms. The third kappa shape index (κ3) is 3.34. The fourth-order valence-electron chi connectivity index (χ4n) is 3.06. The summed E-state index contributed by atoms with van der Waals surface area (Å²) in [7, 11) is 0. The van der Waals surface area contributed by atoms with Crippen LogP contribution in [0.1, 0.15) is 58.3 Å². The lowest BCUT2D eigenvalue weighted by Crippen LogP contribution is -2.41. The monoisotopic (exact) mass is 207 g/mol. The molecule has 0 saturated heterocycles. The number of rotatable bonds is 3. The summed E-state index contributed by atoms with van der Waals surface area (Å²) in [6.45, 7) is 2.39. The maximum absolute atomic E-state index is 3.80. The first-order valence-electron chi connectivity index (χ1n) is 6.79. The second kappa shape index (κ2) is 5.69. The minimum Gasteiger partial charge on any atom is -0.308 e. The van der Waals surface area contributed by atoms with Gasteiger partial charge in [0.2, 0.25) is 0 Å². The van der Waals surface area contributed by atoms with E-state index < -0.39 is 0 Å². The van der Waals surface area contributed by atoms with Gasteiger partial charge in [-0.05, 0) is 44.9 Å². The Hall–Kier alpha value is -0.300. The largest absolute Gasteiger partial charge is 0.308 e. The molecule has 2 aliphatic carbocycles. The molecular weight excluding hydrogens is 182 g/mol. The lowest BCUT2D eigenvalue weighted by atomic mass is 9.84. The van der Waals surface area contributed by atoms with Crippen LogP contribution in [0.2, 0.25) is 0 Å². The normalized spacial score (nSPS) is 30.3. The molecule has 2 rings (SSSR count). The Labute approximate surface area is 94.3 Å². The van der Waals surface area contributed by atoms with Crippen molar-refractivity contribution in [3.05, 3.63) is 12.2 Å². The number of hydrogen-bond acceptors (Lipinski definition) is 1. The maximum atomic E-state index is 3.80. The minimum atomic E-state index is 0.663. The molecular formula is C14H25N. The minimum absolute atomic E-state index is 0.663. The van der Waals surface area contributed by atoms with Crippen LogP contribution in [0.4, 0.5) is 0 Å². The quantitative estimate of drug-likeness (QED) is 0.696. The second-order valence-corrected chi connectivity index (χ2v) is 5.32. The Balaban J connectivity index is 1.77. The van der Waals surface area contributed by atoms with Crippen molar-refractivity contribution >= 4 is 0 Å². The number of allylic oxidation sites excluding steroid dienone is 1. The number of hydrogen-bond donors (Lipinski definition) is 1. The molecule has 1 saturated carbocycles. The van der Waals surface area contributed by atoms with Crippen LogP contribution in [0.3, 0.4) is 0 Å². The van der Waals surface area contributed by atoms with Crippen LogP contribution in [0, 0.1) is 5.92 Å². The van der Waals surface area contributed by atoms with Crippen LogP contribution in [-0.4, -0.2) is 12.1 Å². The molecule has 1 heteroatoms. The zero-order valence-corrected chi connectivity index (χ0v) is 10.0. The van der Waals surface area contributed by atoms with Gasteiger partial charge in [0.1, 0.15) is 0 Å². The molecule has 0 heterocycles. The van der Waals surface area contributed by atoms with Crippen molar-refractivity contribution < 1.29 is 0 Å². The van der Waals surface area contributed by atoms with Crippen molar-refractivity contribution in [2.45, 2.75) is 70.4 Å². The van der Waals surface area contributed by atoms with E-state index in [4.69, 9.17) is 0 Å². The molecule has 1 fully saturated rings. The molecule has 2 atom stereocenters. The molecule has 0 bridgehead atoms. The summed E-state index contributed by atoms with van der Waals surface area (Å²) < 4.78 is 0. The van der Waals surface area contributed by atoms with Crippen LogP contribution >= 0.6 is 0 Å². The van der Waals surface area contributed by atoms with E-state index in [1.54, 1.807) is 0 Å². The Kier molecular flexibility index (Phi) is 4.25. The molecule has 2 aliphatic rings. The predicted octanol–water partition coefficient (Wildman–Crippen LogP) is 3.65. The number of nitrogens with one attached hydrogen (secondary N) is 1. The van der Waals surface area contributed by atoms with E-state index in [9.17, 15) is 0 Å². The van der Waals surface area contributed by atoms with Crippen molar-refractivity contribution in [1.29, 1.82) is 0 Å². The van der Waals surface area contributed by atoms with Gasteiger partial charge < -0.3 is 5.32 Å². The van der Waals surface area contributed by atoms with Crippen molar-refractivity contribution in [2.75, 3.05) is 0 Å². The third-order valence-electron chi connectivity index (χ3n) is 4.09. The third-order valence-corrected chi connectivity index (χ3v) is 4.09. The van der Waals surface area contributed by atoms with Gasteiger partial charge in [-0.15, -0.1) is 0 Å². The molecule has 0 aromatic carbocycles. The van der Waals surface area contributed by atoms with Gasteiger partial charge in [0.15, 0.2) is 0 Å². The summed E-state index contributed by atoms with van der Waals surface area (Å²) in [5.74, 6) is 0.939. The van der Waals surface area contributed by atoms with Gasteiger partial charge in [-0.25, -0.2) is 0 Å². The fourth-order valence-corrected chi connectivity index (χ4v) is 3.06. The van der Waals surface area contributed by atoms with Gasteiger partial charge >= 0.3 is 0 Å². The van der Waals surface area contributed by atoms with Crippen molar-refractivity contribution in [3.63, 3.8) is 0 Å². The summed E-state index contributed by atoms with van der Waals surface area (Å²) in [6, 6.07) is 1.38. The maximum Gasteiger partial charge on any atom is 0.0252 e. The van der Waals surface area contributed by atoms with Gasteiger partial charge in [0.25, 0.3) is 0 Å². The van der Waals surface area contributed by atoms with Crippen LogP contribution in [0.15, 0.2) is 12.2 Å². The zero-order valence-electron chi connectivity index (χ0n) is 10.0. The highest BCUT2D eigenvalue weighted by Gasteiger charge is 2.21. The molecule has 1 unspecified atom stereocenters. The average Bonchev–Trinajstić information content (AvgIpc) is 2.31. The Morgan fingerprint density at radius 3 is 2.53 bits per heavy atom.